The Balaban J connectivity index is 1.32. The van der Waals surface area contributed by atoms with E-state index in [1.165, 1.54) is 23.1 Å². The van der Waals surface area contributed by atoms with Crippen molar-refractivity contribution < 1.29 is 28.7 Å². The fourth-order valence-electron chi connectivity index (χ4n) is 5.71. The van der Waals surface area contributed by atoms with Crippen LogP contribution in [0.2, 0.25) is 0 Å². The van der Waals surface area contributed by atoms with Crippen LogP contribution in [0.15, 0.2) is 89.5 Å². The summed E-state index contributed by atoms with van der Waals surface area (Å²) in [5.41, 5.74) is 3.17. The molecular weight excluding hydrogens is 683 g/mol. The van der Waals surface area contributed by atoms with E-state index in [-0.39, 0.29) is 18.2 Å². The van der Waals surface area contributed by atoms with Crippen LogP contribution in [0.3, 0.4) is 0 Å². The molecule has 4 aromatic rings. The first-order valence-electron chi connectivity index (χ1n) is 17.3. The Morgan fingerprint density at radius 3 is 2.35 bits per heavy atom. The summed E-state index contributed by atoms with van der Waals surface area (Å²) < 4.78 is 10.9. The van der Waals surface area contributed by atoms with Gasteiger partial charge in [-0.05, 0) is 106 Å². The Labute approximate surface area is 307 Å². The predicted octanol–water partition coefficient (Wildman–Crippen LogP) is 8.51. The molecule has 0 aliphatic heterocycles. The Bertz CT molecular complexity index is 1870. The summed E-state index contributed by atoms with van der Waals surface area (Å²) in [6.45, 7) is 6.41. The number of hydrogen-bond acceptors (Lipinski definition) is 8. The van der Waals surface area contributed by atoms with E-state index in [0.717, 1.165) is 47.4 Å². The number of thioether (sulfide) groups is 1. The molecule has 1 aromatic heterocycles. The number of anilines is 2. The molecular formula is C40H43N3O6S2. The van der Waals surface area contributed by atoms with Crippen LogP contribution in [-0.4, -0.2) is 42.2 Å². The minimum Gasteiger partial charge on any atom is -0.494 e. The number of ether oxygens (including phenoxy) is 2. The first-order chi connectivity index (χ1) is 24.8. The van der Waals surface area contributed by atoms with Crippen LogP contribution in [0.5, 0.6) is 5.75 Å². The molecule has 51 heavy (non-hydrogen) atoms. The van der Waals surface area contributed by atoms with Gasteiger partial charge in [-0.3, -0.25) is 14.4 Å². The second-order valence-corrected chi connectivity index (χ2v) is 14.2. The summed E-state index contributed by atoms with van der Waals surface area (Å²) in [6, 6.07) is 23.1. The molecule has 3 aromatic carbocycles. The van der Waals surface area contributed by atoms with Gasteiger partial charge in [0.2, 0.25) is 5.91 Å². The van der Waals surface area contributed by atoms with Gasteiger partial charge in [-0.25, -0.2) is 4.79 Å². The van der Waals surface area contributed by atoms with Crippen LogP contribution in [-0.2, 0) is 27.2 Å². The zero-order valence-electron chi connectivity index (χ0n) is 29.1. The molecule has 0 saturated heterocycles. The lowest BCUT2D eigenvalue weighted by Crippen LogP contribution is -2.30. The maximum Gasteiger partial charge on any atom is 0.341 e. The van der Waals surface area contributed by atoms with Crippen molar-refractivity contribution in [1.29, 1.82) is 0 Å². The molecule has 0 fully saturated rings. The third-order valence-electron chi connectivity index (χ3n) is 8.20. The molecule has 1 aliphatic rings. The smallest absolute Gasteiger partial charge is 0.341 e. The number of carbonyl (C=O) groups excluding carboxylic acids is 4. The van der Waals surface area contributed by atoms with Gasteiger partial charge in [-0.15, -0.1) is 23.1 Å². The van der Waals surface area contributed by atoms with E-state index in [9.17, 15) is 19.2 Å². The lowest BCUT2D eigenvalue weighted by Gasteiger charge is -2.16. The summed E-state index contributed by atoms with van der Waals surface area (Å²) in [5, 5.41) is 8.82. The highest BCUT2D eigenvalue weighted by atomic mass is 32.2. The highest BCUT2D eigenvalue weighted by Gasteiger charge is 2.28. The van der Waals surface area contributed by atoms with E-state index in [2.05, 4.69) is 16.0 Å². The molecule has 0 spiro atoms. The van der Waals surface area contributed by atoms with Gasteiger partial charge >= 0.3 is 5.97 Å². The monoisotopic (exact) mass is 725 g/mol. The van der Waals surface area contributed by atoms with Crippen LogP contribution < -0.4 is 20.7 Å². The molecule has 1 unspecified atom stereocenters. The average molecular weight is 726 g/mol. The minimum atomic E-state index is -0.510. The summed E-state index contributed by atoms with van der Waals surface area (Å²) in [6.07, 6.45) is 7.00. The van der Waals surface area contributed by atoms with Gasteiger partial charge in [0.05, 0.1) is 24.0 Å². The number of rotatable bonds is 14. The zero-order valence-corrected chi connectivity index (χ0v) is 30.7. The van der Waals surface area contributed by atoms with Crippen molar-refractivity contribution in [2.45, 2.75) is 69.4 Å². The minimum absolute atomic E-state index is 0.0589. The number of benzene rings is 3. The third kappa shape index (κ3) is 10.1. The predicted molar refractivity (Wildman–Crippen MR) is 205 cm³/mol. The maximum absolute atomic E-state index is 13.7. The van der Waals surface area contributed by atoms with Crippen LogP contribution in [0.4, 0.5) is 10.7 Å². The molecule has 9 nitrogen and oxygen atoms in total. The number of nitrogens with one attached hydrogen (secondary N) is 3. The van der Waals surface area contributed by atoms with Crippen molar-refractivity contribution in [3.63, 3.8) is 0 Å². The van der Waals surface area contributed by atoms with Gasteiger partial charge < -0.3 is 25.4 Å². The van der Waals surface area contributed by atoms with E-state index in [1.54, 1.807) is 67.6 Å². The summed E-state index contributed by atoms with van der Waals surface area (Å²) in [4.78, 5) is 55.4. The molecule has 5 rings (SSSR count). The normalized spacial score (nSPS) is 13.3. The number of thiophene rings is 1. The van der Waals surface area contributed by atoms with Crippen molar-refractivity contribution >= 4 is 63.6 Å². The number of hydrogen-bond donors (Lipinski definition) is 3. The van der Waals surface area contributed by atoms with Gasteiger partial charge in [0, 0.05) is 21.0 Å². The van der Waals surface area contributed by atoms with Crippen LogP contribution in [0.25, 0.3) is 6.08 Å². The number of esters is 1. The second-order valence-electron chi connectivity index (χ2n) is 11.9. The maximum atomic E-state index is 13.7. The first-order valence-corrected chi connectivity index (χ1v) is 19.0. The standard InChI is InChI=1S/C40H43N3O6S2/c1-4-33(38(46)43-39-35(40(47)49-6-3)31-18-11-8-12-19-34(31)51-39)50-30-17-13-16-28(25-30)41-37(45)32(42-36(44)27-14-9-7-10-15-27)24-26-20-22-29(23-21-26)48-5-2/h7,9-10,13-17,20-25,33H,4-6,8,11-12,18-19H2,1-3H3,(H,41,45)(H,42,44)(H,43,46)/b32-24+. The highest BCUT2D eigenvalue weighted by Crippen LogP contribution is 2.39. The summed E-state index contributed by atoms with van der Waals surface area (Å²) >= 11 is 2.85. The lowest BCUT2D eigenvalue weighted by molar-refractivity contribution is -0.116. The van der Waals surface area contributed by atoms with E-state index >= 15 is 0 Å². The molecule has 0 bridgehead atoms. The van der Waals surface area contributed by atoms with Crippen LogP contribution in [0.1, 0.15) is 83.2 Å². The Morgan fingerprint density at radius 2 is 1.63 bits per heavy atom. The van der Waals surface area contributed by atoms with Gasteiger partial charge in [0.15, 0.2) is 0 Å². The molecule has 0 saturated carbocycles. The van der Waals surface area contributed by atoms with E-state index in [4.69, 9.17) is 9.47 Å². The Kier molecular flexibility index (Phi) is 13.5. The fourth-order valence-corrected chi connectivity index (χ4v) is 8.00. The van der Waals surface area contributed by atoms with Crippen molar-refractivity contribution in [3.8, 4) is 5.75 Å². The molecule has 0 radical (unpaired) electrons. The highest BCUT2D eigenvalue weighted by molar-refractivity contribution is 8.00. The van der Waals surface area contributed by atoms with Crippen LogP contribution in [0, 0.1) is 0 Å². The van der Waals surface area contributed by atoms with Gasteiger partial charge in [0.1, 0.15) is 16.4 Å². The molecule has 11 heteroatoms. The molecule has 1 atom stereocenters. The van der Waals surface area contributed by atoms with Crippen molar-refractivity contribution in [3.05, 3.63) is 112 Å². The zero-order chi connectivity index (χ0) is 36.2. The summed E-state index contributed by atoms with van der Waals surface area (Å²) in [7, 11) is 0. The summed E-state index contributed by atoms with van der Waals surface area (Å²) in [5.74, 6) is -0.830. The number of carbonyl (C=O) groups is 4. The molecule has 1 aliphatic carbocycles. The Hall–Kier alpha value is -4.87. The van der Waals surface area contributed by atoms with Crippen LogP contribution >= 0.6 is 23.1 Å². The van der Waals surface area contributed by atoms with E-state index < -0.39 is 23.0 Å². The number of amides is 3. The van der Waals surface area contributed by atoms with E-state index in [0.29, 0.717) is 46.2 Å². The number of fused-ring (bicyclic) bond motifs is 1. The van der Waals surface area contributed by atoms with E-state index in [1.807, 2.05) is 38.1 Å². The third-order valence-corrected chi connectivity index (χ3v) is 10.8. The van der Waals surface area contributed by atoms with Crippen molar-refractivity contribution in [1.82, 2.24) is 5.32 Å². The molecule has 3 N–H and O–H groups in total. The molecule has 3 amide bonds. The second kappa shape index (κ2) is 18.4. The topological polar surface area (TPSA) is 123 Å². The largest absolute Gasteiger partial charge is 0.494 e. The molecule has 1 heterocycles. The van der Waals surface area contributed by atoms with Gasteiger partial charge in [0.25, 0.3) is 11.8 Å². The molecule has 266 valence electrons. The Morgan fingerprint density at radius 1 is 0.863 bits per heavy atom. The number of aryl methyl sites for hydroxylation is 1. The van der Waals surface area contributed by atoms with Gasteiger partial charge in [-0.1, -0.05) is 49.7 Å². The first kappa shape index (κ1) is 37.4. The fraction of sp³-hybridized carbons (Fsp3) is 0.300. The lowest BCUT2D eigenvalue weighted by atomic mass is 10.1. The van der Waals surface area contributed by atoms with Gasteiger partial charge in [-0.2, -0.15) is 0 Å². The van der Waals surface area contributed by atoms with Crippen molar-refractivity contribution in [2.24, 2.45) is 0 Å². The SMILES string of the molecule is CCOC(=O)c1c(NC(=O)C(CC)Sc2cccc(NC(=O)/C(=C\c3ccc(OCC)cc3)NC(=O)c3ccccc3)c2)sc2c1CCCCC2. The average Bonchev–Trinajstić information content (AvgIpc) is 3.31. The quantitative estimate of drug-likeness (QED) is 0.0516. The van der Waals surface area contributed by atoms with Crippen molar-refractivity contribution in [2.75, 3.05) is 23.8 Å².